The normalized spacial score (nSPS) is 9.79. The summed E-state index contributed by atoms with van der Waals surface area (Å²) in [7, 11) is 0. The van der Waals surface area contributed by atoms with Gasteiger partial charge in [-0.05, 0) is 59.0 Å². The van der Waals surface area contributed by atoms with Gasteiger partial charge < -0.3 is 5.32 Å². The highest BCUT2D eigenvalue weighted by molar-refractivity contribution is 14.1. The van der Waals surface area contributed by atoms with E-state index in [1.165, 1.54) is 3.57 Å². The zero-order valence-electron chi connectivity index (χ0n) is 7.44. The third-order valence-electron chi connectivity index (χ3n) is 1.78. The summed E-state index contributed by atoms with van der Waals surface area (Å²) in [5, 5.41) is 3.22. The molecule has 0 radical (unpaired) electrons. The van der Waals surface area contributed by atoms with E-state index in [1.54, 1.807) is 6.20 Å². The Morgan fingerprint density at radius 2 is 1.79 bits per heavy atom. The molecule has 14 heavy (non-hydrogen) atoms. The fourth-order valence-electron chi connectivity index (χ4n) is 1.12. The average Bonchev–Trinajstić information content (AvgIpc) is 2.23. The molecule has 70 valence electrons. The topological polar surface area (TPSA) is 24.9 Å². The molecular weight excluding hydrogens is 287 g/mol. The van der Waals surface area contributed by atoms with E-state index in [0.717, 1.165) is 11.5 Å². The van der Waals surface area contributed by atoms with E-state index < -0.39 is 0 Å². The van der Waals surface area contributed by atoms with Gasteiger partial charge in [0.05, 0.1) is 0 Å². The van der Waals surface area contributed by atoms with Gasteiger partial charge in [-0.2, -0.15) is 0 Å². The zero-order valence-corrected chi connectivity index (χ0v) is 9.60. The Hall–Kier alpha value is -1.10. The molecule has 0 amide bonds. The van der Waals surface area contributed by atoms with Gasteiger partial charge in [0, 0.05) is 15.5 Å². The van der Waals surface area contributed by atoms with Gasteiger partial charge in [0.2, 0.25) is 0 Å². The molecule has 2 rings (SSSR count). The minimum Gasteiger partial charge on any atom is -0.340 e. The third kappa shape index (κ3) is 2.45. The number of hydrogen-bond acceptors (Lipinski definition) is 2. The quantitative estimate of drug-likeness (QED) is 0.859. The average molecular weight is 296 g/mol. The first-order valence-electron chi connectivity index (χ1n) is 4.28. The Kier molecular flexibility index (Phi) is 2.98. The van der Waals surface area contributed by atoms with Gasteiger partial charge in [-0.25, -0.2) is 4.98 Å². The standard InChI is InChI=1S/C11H9IN2/c12-9-4-6-10(7-5-9)14-11-3-1-2-8-13-11/h1-8H,(H,13,14). The second-order valence-corrected chi connectivity index (χ2v) is 4.09. The van der Waals surface area contributed by atoms with Crippen molar-refractivity contribution < 1.29 is 0 Å². The van der Waals surface area contributed by atoms with Crippen LogP contribution in [0.15, 0.2) is 48.7 Å². The van der Waals surface area contributed by atoms with Gasteiger partial charge in [-0.3, -0.25) is 0 Å². The predicted octanol–water partition coefficient (Wildman–Crippen LogP) is 3.43. The monoisotopic (exact) mass is 296 g/mol. The van der Waals surface area contributed by atoms with E-state index in [9.17, 15) is 0 Å². The molecule has 2 nitrogen and oxygen atoms in total. The fourth-order valence-corrected chi connectivity index (χ4v) is 1.48. The Bertz CT molecular complexity index is 397. The number of rotatable bonds is 2. The molecule has 0 bridgehead atoms. The first-order chi connectivity index (χ1) is 6.84. The van der Waals surface area contributed by atoms with E-state index in [2.05, 4.69) is 45.0 Å². The van der Waals surface area contributed by atoms with Crippen molar-refractivity contribution in [3.05, 3.63) is 52.2 Å². The maximum Gasteiger partial charge on any atom is 0.130 e. The smallest absolute Gasteiger partial charge is 0.130 e. The summed E-state index contributed by atoms with van der Waals surface area (Å²) < 4.78 is 1.23. The first-order valence-corrected chi connectivity index (χ1v) is 5.36. The van der Waals surface area contributed by atoms with Crippen LogP contribution in [0.3, 0.4) is 0 Å². The number of anilines is 2. The zero-order chi connectivity index (χ0) is 9.80. The maximum atomic E-state index is 4.18. The minimum atomic E-state index is 0.869. The summed E-state index contributed by atoms with van der Waals surface area (Å²) in [4.78, 5) is 4.18. The third-order valence-corrected chi connectivity index (χ3v) is 2.50. The van der Waals surface area contributed by atoms with Crippen molar-refractivity contribution in [1.82, 2.24) is 4.98 Å². The molecule has 0 aliphatic heterocycles. The molecule has 0 atom stereocenters. The van der Waals surface area contributed by atoms with Crippen LogP contribution in [-0.2, 0) is 0 Å². The second kappa shape index (κ2) is 4.41. The summed E-state index contributed by atoms with van der Waals surface area (Å²) in [6.45, 7) is 0. The van der Waals surface area contributed by atoms with Crippen LogP contribution in [0.5, 0.6) is 0 Å². The number of halogens is 1. The summed E-state index contributed by atoms with van der Waals surface area (Å²) in [5.41, 5.74) is 1.06. The van der Waals surface area contributed by atoms with Crippen molar-refractivity contribution in [3.8, 4) is 0 Å². The van der Waals surface area contributed by atoms with Crippen LogP contribution >= 0.6 is 22.6 Å². The summed E-state index contributed by atoms with van der Waals surface area (Å²) in [5.74, 6) is 0.869. The number of benzene rings is 1. The van der Waals surface area contributed by atoms with E-state index in [1.807, 2.05) is 30.3 Å². The number of nitrogens with one attached hydrogen (secondary N) is 1. The van der Waals surface area contributed by atoms with Crippen molar-refractivity contribution >= 4 is 34.1 Å². The summed E-state index contributed by atoms with van der Waals surface area (Å²) in [6, 6.07) is 14.0. The van der Waals surface area contributed by atoms with Crippen LogP contribution in [0.2, 0.25) is 0 Å². The van der Waals surface area contributed by atoms with Gasteiger partial charge >= 0.3 is 0 Å². The highest BCUT2D eigenvalue weighted by Crippen LogP contribution is 2.15. The van der Waals surface area contributed by atoms with Gasteiger partial charge in [-0.15, -0.1) is 0 Å². The van der Waals surface area contributed by atoms with Gasteiger partial charge in [0.15, 0.2) is 0 Å². The van der Waals surface area contributed by atoms with Crippen LogP contribution in [-0.4, -0.2) is 4.98 Å². The summed E-state index contributed by atoms with van der Waals surface area (Å²) >= 11 is 2.28. The van der Waals surface area contributed by atoms with Crippen molar-refractivity contribution in [2.24, 2.45) is 0 Å². The number of pyridine rings is 1. The molecule has 0 saturated carbocycles. The van der Waals surface area contributed by atoms with Crippen molar-refractivity contribution in [3.63, 3.8) is 0 Å². The molecule has 0 fully saturated rings. The van der Waals surface area contributed by atoms with Crippen LogP contribution in [0, 0.1) is 3.57 Å². The second-order valence-electron chi connectivity index (χ2n) is 2.85. The van der Waals surface area contributed by atoms with E-state index in [4.69, 9.17) is 0 Å². The highest BCUT2D eigenvalue weighted by Gasteiger charge is 1.93. The molecule has 0 aliphatic rings. The lowest BCUT2D eigenvalue weighted by molar-refractivity contribution is 1.31. The van der Waals surface area contributed by atoms with Crippen molar-refractivity contribution in [2.75, 3.05) is 5.32 Å². The largest absolute Gasteiger partial charge is 0.340 e. The maximum absolute atomic E-state index is 4.18. The Labute approximate surface area is 96.5 Å². The molecule has 1 aromatic heterocycles. The number of hydrogen-bond donors (Lipinski definition) is 1. The molecule has 0 saturated heterocycles. The Morgan fingerprint density at radius 3 is 2.43 bits per heavy atom. The lowest BCUT2D eigenvalue weighted by Gasteiger charge is -2.04. The molecular formula is C11H9IN2. The molecule has 0 unspecified atom stereocenters. The predicted molar refractivity (Wildman–Crippen MR) is 66.7 cm³/mol. The van der Waals surface area contributed by atoms with Gasteiger partial charge in [0.25, 0.3) is 0 Å². The van der Waals surface area contributed by atoms with Gasteiger partial charge in [-0.1, -0.05) is 6.07 Å². The van der Waals surface area contributed by atoms with E-state index in [0.29, 0.717) is 0 Å². The molecule has 1 aromatic carbocycles. The van der Waals surface area contributed by atoms with Crippen molar-refractivity contribution in [1.29, 1.82) is 0 Å². The van der Waals surface area contributed by atoms with Crippen LogP contribution in [0.25, 0.3) is 0 Å². The van der Waals surface area contributed by atoms with Crippen LogP contribution in [0.1, 0.15) is 0 Å². The highest BCUT2D eigenvalue weighted by atomic mass is 127. The van der Waals surface area contributed by atoms with Gasteiger partial charge in [0.1, 0.15) is 5.82 Å². The molecule has 2 aromatic rings. The molecule has 1 N–H and O–H groups in total. The molecule has 3 heteroatoms. The first kappa shape index (κ1) is 9.45. The number of nitrogens with zero attached hydrogens (tertiary/aromatic N) is 1. The lowest BCUT2D eigenvalue weighted by Crippen LogP contribution is -1.91. The Balaban J connectivity index is 2.16. The number of aromatic nitrogens is 1. The molecule has 0 aliphatic carbocycles. The summed E-state index contributed by atoms with van der Waals surface area (Å²) in [6.07, 6.45) is 1.77. The molecule has 0 spiro atoms. The van der Waals surface area contributed by atoms with E-state index >= 15 is 0 Å². The lowest BCUT2D eigenvalue weighted by atomic mass is 10.3. The minimum absolute atomic E-state index is 0.869. The Morgan fingerprint density at radius 1 is 1.00 bits per heavy atom. The van der Waals surface area contributed by atoms with E-state index in [-0.39, 0.29) is 0 Å². The molecule has 1 heterocycles. The fraction of sp³-hybridized carbons (Fsp3) is 0. The van der Waals surface area contributed by atoms with Crippen molar-refractivity contribution in [2.45, 2.75) is 0 Å². The van der Waals surface area contributed by atoms with Crippen LogP contribution < -0.4 is 5.32 Å². The van der Waals surface area contributed by atoms with Crippen LogP contribution in [0.4, 0.5) is 11.5 Å². The SMILES string of the molecule is Ic1ccc(Nc2ccccn2)cc1.